The lowest BCUT2D eigenvalue weighted by molar-refractivity contribution is -0.134. The predicted molar refractivity (Wildman–Crippen MR) is 106 cm³/mol. The summed E-state index contributed by atoms with van der Waals surface area (Å²) in [4.78, 5) is 20.9. The van der Waals surface area contributed by atoms with Crippen molar-refractivity contribution in [1.82, 2.24) is 14.8 Å². The van der Waals surface area contributed by atoms with Crippen molar-refractivity contribution >= 4 is 5.91 Å². The molecule has 1 saturated heterocycles. The van der Waals surface area contributed by atoms with Crippen molar-refractivity contribution in [2.75, 3.05) is 39.3 Å². The summed E-state index contributed by atoms with van der Waals surface area (Å²) in [7, 11) is 0. The molecule has 1 amide bonds. The van der Waals surface area contributed by atoms with E-state index >= 15 is 0 Å². The minimum absolute atomic E-state index is 0.0471. The van der Waals surface area contributed by atoms with Gasteiger partial charge in [0.05, 0.1) is 12.6 Å². The van der Waals surface area contributed by atoms with Crippen molar-refractivity contribution in [1.29, 1.82) is 0 Å². The number of carbonyl (C=O) groups is 1. The van der Waals surface area contributed by atoms with Gasteiger partial charge in [-0.2, -0.15) is 0 Å². The Kier molecular flexibility index (Phi) is 7.42. The fourth-order valence-electron chi connectivity index (χ4n) is 3.46. The summed E-state index contributed by atoms with van der Waals surface area (Å²) in [5, 5.41) is 0. The first-order valence-corrected chi connectivity index (χ1v) is 9.87. The maximum Gasteiger partial charge on any atom is 0.239 e. The zero-order valence-corrected chi connectivity index (χ0v) is 15.9. The van der Waals surface area contributed by atoms with Crippen LogP contribution in [0.25, 0.3) is 0 Å². The number of nitrogens with two attached hydrogens (primary N) is 1. The van der Waals surface area contributed by atoms with E-state index in [0.29, 0.717) is 6.42 Å². The maximum atomic E-state index is 12.6. The second-order valence-electron chi connectivity index (χ2n) is 7.12. The van der Waals surface area contributed by atoms with Gasteiger partial charge < -0.3 is 15.4 Å². The quantitative estimate of drug-likeness (QED) is 0.706. The number of piperazine rings is 1. The minimum Gasteiger partial charge on any atom is -0.494 e. The van der Waals surface area contributed by atoms with Crippen molar-refractivity contribution in [2.45, 2.75) is 31.7 Å². The first-order chi connectivity index (χ1) is 13.2. The van der Waals surface area contributed by atoms with Crippen LogP contribution in [0.4, 0.5) is 0 Å². The average molecular weight is 370 g/mol. The molecule has 1 aliphatic heterocycles. The van der Waals surface area contributed by atoms with Gasteiger partial charge in [-0.15, -0.1) is 0 Å². The van der Waals surface area contributed by atoms with E-state index in [1.165, 1.54) is 0 Å². The number of aromatic nitrogens is 1. The minimum atomic E-state index is -0.482. The van der Waals surface area contributed by atoms with Gasteiger partial charge in [-0.1, -0.05) is 6.08 Å². The van der Waals surface area contributed by atoms with E-state index in [0.717, 1.165) is 69.9 Å². The Morgan fingerprint density at radius 1 is 1.19 bits per heavy atom. The molecule has 2 N–H and O–H groups in total. The standard InChI is InChI=1S/C21H30N4O2/c22-20(17-18-7-9-23-10-8-18)21(26)25-14-12-24(13-15-25)11-4-16-27-19-5-2-1-3-6-19/h2,5-10,20H,1,3-4,11-17,22H2/t20-/m1/s1. The van der Waals surface area contributed by atoms with Crippen LogP contribution in [0.2, 0.25) is 0 Å². The number of amides is 1. The first-order valence-electron chi connectivity index (χ1n) is 9.87. The SMILES string of the molecule is N[C@H](Cc1ccncc1)C(=O)N1CCN(CCCOC2=CCCC=C2)CC1. The van der Waals surface area contributed by atoms with E-state index in [-0.39, 0.29) is 5.91 Å². The number of carbonyl (C=O) groups excluding carboxylic acids is 1. The Morgan fingerprint density at radius 2 is 1.96 bits per heavy atom. The number of nitrogens with zero attached hydrogens (tertiary/aromatic N) is 3. The van der Waals surface area contributed by atoms with Gasteiger partial charge in [-0.05, 0) is 55.5 Å². The normalized spacial score (nSPS) is 18.9. The second-order valence-corrected chi connectivity index (χ2v) is 7.12. The molecular weight excluding hydrogens is 340 g/mol. The van der Waals surface area contributed by atoms with E-state index in [4.69, 9.17) is 10.5 Å². The molecule has 1 aromatic rings. The molecule has 2 aliphatic rings. The third kappa shape index (κ3) is 6.19. The Morgan fingerprint density at radius 3 is 2.67 bits per heavy atom. The fourth-order valence-corrected chi connectivity index (χ4v) is 3.46. The molecule has 0 spiro atoms. The summed E-state index contributed by atoms with van der Waals surface area (Å²) in [6.07, 6.45) is 13.6. The molecule has 1 atom stereocenters. The van der Waals surface area contributed by atoms with Crippen molar-refractivity contribution < 1.29 is 9.53 Å². The Hall–Kier alpha value is -2.18. The monoisotopic (exact) mass is 370 g/mol. The van der Waals surface area contributed by atoms with Crippen molar-refractivity contribution in [3.05, 3.63) is 54.1 Å². The number of hydrogen-bond acceptors (Lipinski definition) is 5. The highest BCUT2D eigenvalue weighted by Crippen LogP contribution is 2.11. The summed E-state index contributed by atoms with van der Waals surface area (Å²) >= 11 is 0. The molecule has 6 heteroatoms. The maximum absolute atomic E-state index is 12.6. The zero-order valence-electron chi connectivity index (χ0n) is 15.9. The van der Waals surface area contributed by atoms with Crippen LogP contribution < -0.4 is 5.73 Å². The summed E-state index contributed by atoms with van der Waals surface area (Å²) in [6, 6.07) is 3.34. The highest BCUT2D eigenvalue weighted by Gasteiger charge is 2.25. The van der Waals surface area contributed by atoms with E-state index in [1.54, 1.807) is 12.4 Å². The third-order valence-electron chi connectivity index (χ3n) is 5.05. The van der Waals surface area contributed by atoms with E-state index in [1.807, 2.05) is 17.0 Å². The van der Waals surface area contributed by atoms with Crippen LogP contribution in [0.3, 0.4) is 0 Å². The molecule has 0 radical (unpaired) electrons. The highest BCUT2D eigenvalue weighted by atomic mass is 16.5. The van der Waals surface area contributed by atoms with E-state index in [9.17, 15) is 4.79 Å². The highest BCUT2D eigenvalue weighted by molar-refractivity contribution is 5.82. The molecule has 0 aromatic carbocycles. The van der Waals surface area contributed by atoms with Gasteiger partial charge in [0.25, 0.3) is 0 Å². The molecule has 6 nitrogen and oxygen atoms in total. The van der Waals surface area contributed by atoms with Crippen LogP contribution in [0.1, 0.15) is 24.8 Å². The van der Waals surface area contributed by atoms with Crippen LogP contribution in [0.5, 0.6) is 0 Å². The number of pyridine rings is 1. The molecule has 27 heavy (non-hydrogen) atoms. The summed E-state index contributed by atoms with van der Waals surface area (Å²) < 4.78 is 5.78. The molecule has 0 bridgehead atoms. The van der Waals surface area contributed by atoms with Gasteiger partial charge in [-0.3, -0.25) is 14.7 Å². The first kappa shape index (κ1) is 19.6. The molecule has 0 saturated carbocycles. The van der Waals surface area contributed by atoms with Gasteiger partial charge in [0.15, 0.2) is 0 Å². The molecule has 1 aromatic heterocycles. The number of ether oxygens (including phenoxy) is 1. The Bertz CT molecular complexity index is 651. The van der Waals surface area contributed by atoms with Crippen LogP contribution in [0.15, 0.2) is 48.5 Å². The molecule has 146 valence electrons. The topological polar surface area (TPSA) is 71.7 Å². The third-order valence-corrected chi connectivity index (χ3v) is 5.05. The lowest BCUT2D eigenvalue weighted by atomic mass is 10.1. The Labute approximate surface area is 161 Å². The number of allylic oxidation sites excluding steroid dienone is 3. The van der Waals surface area contributed by atoms with E-state index < -0.39 is 6.04 Å². The zero-order chi connectivity index (χ0) is 18.9. The fraction of sp³-hybridized carbons (Fsp3) is 0.524. The lowest BCUT2D eigenvalue weighted by Gasteiger charge is -2.36. The summed E-state index contributed by atoms with van der Waals surface area (Å²) in [5.74, 6) is 1.05. The predicted octanol–water partition coefficient (Wildman–Crippen LogP) is 1.74. The van der Waals surface area contributed by atoms with Crippen LogP contribution >= 0.6 is 0 Å². The van der Waals surface area contributed by atoms with Gasteiger partial charge in [0.2, 0.25) is 5.91 Å². The van der Waals surface area contributed by atoms with Crippen molar-refractivity contribution in [3.63, 3.8) is 0 Å². The van der Waals surface area contributed by atoms with Crippen molar-refractivity contribution in [3.8, 4) is 0 Å². The molecule has 1 aliphatic carbocycles. The molecule has 2 heterocycles. The number of rotatable bonds is 8. The molecule has 1 fully saturated rings. The van der Waals surface area contributed by atoms with Crippen LogP contribution in [-0.2, 0) is 16.0 Å². The number of hydrogen-bond donors (Lipinski definition) is 1. The van der Waals surface area contributed by atoms with Crippen LogP contribution in [0, 0.1) is 0 Å². The van der Waals surface area contributed by atoms with Gasteiger partial charge >= 0.3 is 0 Å². The molecular formula is C21H30N4O2. The second kappa shape index (κ2) is 10.2. The average Bonchev–Trinajstić information content (AvgIpc) is 2.72. The lowest BCUT2D eigenvalue weighted by Crippen LogP contribution is -2.53. The molecule has 0 unspecified atom stereocenters. The smallest absolute Gasteiger partial charge is 0.239 e. The van der Waals surface area contributed by atoms with Crippen LogP contribution in [-0.4, -0.2) is 66.1 Å². The largest absolute Gasteiger partial charge is 0.494 e. The van der Waals surface area contributed by atoms with Gasteiger partial charge in [0, 0.05) is 45.1 Å². The van der Waals surface area contributed by atoms with Gasteiger partial charge in [0.1, 0.15) is 5.76 Å². The van der Waals surface area contributed by atoms with Gasteiger partial charge in [-0.25, -0.2) is 0 Å². The van der Waals surface area contributed by atoms with E-state index in [2.05, 4.69) is 28.1 Å². The summed E-state index contributed by atoms with van der Waals surface area (Å²) in [5.41, 5.74) is 7.18. The Balaban J connectivity index is 1.32. The molecule has 3 rings (SSSR count). The van der Waals surface area contributed by atoms with Crippen molar-refractivity contribution in [2.24, 2.45) is 5.73 Å². The summed E-state index contributed by atoms with van der Waals surface area (Å²) in [6.45, 7) is 5.04.